The molecular formula is C15H13F3N2OS. The average Bonchev–Trinajstić information content (AvgIpc) is 2.87. The van der Waals surface area contributed by atoms with Crippen LogP contribution in [0.15, 0.2) is 36.4 Å². The molecule has 22 heavy (non-hydrogen) atoms. The van der Waals surface area contributed by atoms with E-state index in [2.05, 4.69) is 5.32 Å². The summed E-state index contributed by atoms with van der Waals surface area (Å²) in [5, 5.41) is 3.05. The maximum absolute atomic E-state index is 12.9. The summed E-state index contributed by atoms with van der Waals surface area (Å²) < 4.78 is 38.6. The lowest BCUT2D eigenvalue weighted by Crippen LogP contribution is -2.47. The molecule has 1 aromatic heterocycles. The summed E-state index contributed by atoms with van der Waals surface area (Å²) in [5.74, 6) is -0.609. The molecule has 0 saturated heterocycles. The summed E-state index contributed by atoms with van der Waals surface area (Å²) in [7, 11) is 0. The molecule has 7 heteroatoms. The third-order valence-electron chi connectivity index (χ3n) is 3.40. The van der Waals surface area contributed by atoms with E-state index >= 15 is 0 Å². The predicted octanol–water partition coefficient (Wildman–Crippen LogP) is 4.19. The van der Waals surface area contributed by atoms with Crippen LogP contribution in [0.2, 0.25) is 0 Å². The molecule has 1 N–H and O–H groups in total. The third kappa shape index (κ3) is 2.81. The van der Waals surface area contributed by atoms with Crippen molar-refractivity contribution in [3.63, 3.8) is 0 Å². The number of carbonyl (C=O) groups excluding carboxylic acids is 1. The van der Waals surface area contributed by atoms with Gasteiger partial charge >= 0.3 is 6.18 Å². The van der Waals surface area contributed by atoms with E-state index in [1.165, 1.54) is 17.4 Å². The van der Waals surface area contributed by atoms with Gasteiger partial charge in [-0.25, -0.2) is 0 Å². The van der Waals surface area contributed by atoms with Crippen molar-refractivity contribution in [1.29, 1.82) is 0 Å². The van der Waals surface area contributed by atoms with Crippen LogP contribution in [-0.2, 0) is 0 Å². The zero-order chi connectivity index (χ0) is 15.9. The number of carbonyl (C=O) groups is 1. The Balaban J connectivity index is 2.04. The zero-order valence-electron chi connectivity index (χ0n) is 11.6. The van der Waals surface area contributed by atoms with Gasteiger partial charge in [0, 0.05) is 15.4 Å². The molecule has 2 heterocycles. The van der Waals surface area contributed by atoms with Gasteiger partial charge in [-0.15, -0.1) is 11.3 Å². The highest BCUT2D eigenvalue weighted by atomic mass is 32.1. The SMILES string of the molecule is Cc1ccc([C@@H]2Nc3ccccc3C(=O)N2CC(F)(F)F)s1. The number of aryl methyl sites for hydroxylation is 1. The van der Waals surface area contributed by atoms with E-state index in [9.17, 15) is 18.0 Å². The Labute approximate surface area is 129 Å². The van der Waals surface area contributed by atoms with Crippen LogP contribution in [0.5, 0.6) is 0 Å². The smallest absolute Gasteiger partial charge is 0.360 e. The molecular weight excluding hydrogens is 313 g/mol. The molecule has 1 aromatic carbocycles. The Kier molecular flexibility index (Phi) is 3.60. The molecule has 1 atom stereocenters. The number of thiophene rings is 1. The number of hydrogen-bond donors (Lipinski definition) is 1. The molecule has 0 bridgehead atoms. The first kappa shape index (κ1) is 14.9. The highest BCUT2D eigenvalue weighted by Crippen LogP contribution is 2.37. The summed E-state index contributed by atoms with van der Waals surface area (Å²) in [5.41, 5.74) is 0.818. The minimum atomic E-state index is -4.45. The third-order valence-corrected chi connectivity index (χ3v) is 4.46. The minimum Gasteiger partial charge on any atom is -0.360 e. The number of amides is 1. The number of nitrogens with one attached hydrogen (secondary N) is 1. The summed E-state index contributed by atoms with van der Waals surface area (Å²) in [4.78, 5) is 15.0. The number of para-hydroxylation sites is 1. The number of anilines is 1. The molecule has 1 aliphatic heterocycles. The highest BCUT2D eigenvalue weighted by Gasteiger charge is 2.41. The monoisotopic (exact) mass is 326 g/mol. The Morgan fingerprint density at radius 1 is 1.23 bits per heavy atom. The Morgan fingerprint density at radius 2 is 1.95 bits per heavy atom. The van der Waals surface area contributed by atoms with Crippen molar-refractivity contribution in [2.75, 3.05) is 11.9 Å². The Hall–Kier alpha value is -2.02. The van der Waals surface area contributed by atoms with Gasteiger partial charge in [-0.05, 0) is 31.2 Å². The van der Waals surface area contributed by atoms with Crippen molar-refractivity contribution in [3.05, 3.63) is 51.7 Å². The van der Waals surface area contributed by atoms with Crippen molar-refractivity contribution in [2.45, 2.75) is 19.3 Å². The van der Waals surface area contributed by atoms with Crippen molar-refractivity contribution in [1.82, 2.24) is 4.90 Å². The van der Waals surface area contributed by atoms with E-state index in [1.54, 1.807) is 24.3 Å². The van der Waals surface area contributed by atoms with Crippen LogP contribution in [-0.4, -0.2) is 23.5 Å². The quantitative estimate of drug-likeness (QED) is 0.898. The van der Waals surface area contributed by atoms with Crippen LogP contribution < -0.4 is 5.32 Å². The number of fused-ring (bicyclic) bond motifs is 1. The number of alkyl halides is 3. The van der Waals surface area contributed by atoms with Gasteiger partial charge in [0.25, 0.3) is 5.91 Å². The molecule has 0 spiro atoms. The second kappa shape index (κ2) is 5.31. The number of rotatable bonds is 2. The van der Waals surface area contributed by atoms with Gasteiger partial charge < -0.3 is 10.2 Å². The van der Waals surface area contributed by atoms with E-state index in [-0.39, 0.29) is 5.56 Å². The van der Waals surface area contributed by atoms with Gasteiger partial charge in [-0.1, -0.05) is 12.1 Å². The van der Waals surface area contributed by atoms with Crippen LogP contribution in [0.4, 0.5) is 18.9 Å². The first-order valence-corrected chi connectivity index (χ1v) is 7.46. The van der Waals surface area contributed by atoms with Crippen molar-refractivity contribution in [3.8, 4) is 0 Å². The molecule has 3 nitrogen and oxygen atoms in total. The number of hydrogen-bond acceptors (Lipinski definition) is 3. The molecule has 0 fully saturated rings. The molecule has 3 rings (SSSR count). The standard InChI is InChI=1S/C15H13F3N2OS/c1-9-6-7-12(22-9)13-19-11-5-3-2-4-10(11)14(21)20(13)8-15(16,17)18/h2-7,13,19H,8H2,1H3/t13-/m1/s1. The fourth-order valence-electron chi connectivity index (χ4n) is 2.47. The van der Waals surface area contributed by atoms with Gasteiger partial charge in [-0.2, -0.15) is 13.2 Å². The molecule has 0 saturated carbocycles. The van der Waals surface area contributed by atoms with E-state index in [0.29, 0.717) is 10.6 Å². The summed E-state index contributed by atoms with van der Waals surface area (Å²) in [6.45, 7) is 0.593. The largest absolute Gasteiger partial charge is 0.406 e. The van der Waals surface area contributed by atoms with Crippen molar-refractivity contribution < 1.29 is 18.0 Å². The average molecular weight is 326 g/mol. The fourth-order valence-corrected chi connectivity index (χ4v) is 3.42. The van der Waals surface area contributed by atoms with Crippen LogP contribution in [0, 0.1) is 6.92 Å². The second-order valence-electron chi connectivity index (χ2n) is 5.09. The van der Waals surface area contributed by atoms with Gasteiger partial charge in [0.15, 0.2) is 0 Å². The van der Waals surface area contributed by atoms with E-state index < -0.39 is 24.8 Å². The topological polar surface area (TPSA) is 32.3 Å². The molecule has 0 radical (unpaired) electrons. The second-order valence-corrected chi connectivity index (χ2v) is 6.41. The molecule has 0 unspecified atom stereocenters. The van der Waals surface area contributed by atoms with Gasteiger partial charge in [0.2, 0.25) is 0 Å². The summed E-state index contributed by atoms with van der Waals surface area (Å²) >= 11 is 1.38. The summed E-state index contributed by atoms with van der Waals surface area (Å²) in [6.07, 6.45) is -5.25. The van der Waals surface area contributed by atoms with Crippen LogP contribution >= 0.6 is 11.3 Å². The Bertz CT molecular complexity index is 711. The van der Waals surface area contributed by atoms with Crippen LogP contribution in [0.3, 0.4) is 0 Å². The van der Waals surface area contributed by atoms with Crippen molar-refractivity contribution >= 4 is 22.9 Å². The normalized spacial score (nSPS) is 18.1. The van der Waals surface area contributed by atoms with E-state index in [0.717, 1.165) is 9.78 Å². The molecule has 0 aliphatic carbocycles. The van der Waals surface area contributed by atoms with Gasteiger partial charge in [-0.3, -0.25) is 4.79 Å². The number of nitrogens with zero attached hydrogens (tertiary/aromatic N) is 1. The lowest BCUT2D eigenvalue weighted by molar-refractivity contribution is -0.144. The maximum Gasteiger partial charge on any atom is 0.406 e. The zero-order valence-corrected chi connectivity index (χ0v) is 12.5. The highest BCUT2D eigenvalue weighted by molar-refractivity contribution is 7.12. The lowest BCUT2D eigenvalue weighted by Gasteiger charge is -2.37. The molecule has 1 amide bonds. The van der Waals surface area contributed by atoms with E-state index in [4.69, 9.17) is 0 Å². The first-order valence-electron chi connectivity index (χ1n) is 6.65. The minimum absolute atomic E-state index is 0.260. The van der Waals surface area contributed by atoms with Gasteiger partial charge in [0.1, 0.15) is 12.7 Å². The number of benzene rings is 1. The lowest BCUT2D eigenvalue weighted by atomic mass is 10.1. The van der Waals surface area contributed by atoms with Crippen LogP contribution in [0.1, 0.15) is 26.3 Å². The molecule has 116 valence electrons. The Morgan fingerprint density at radius 3 is 2.59 bits per heavy atom. The molecule has 1 aliphatic rings. The van der Waals surface area contributed by atoms with Crippen LogP contribution in [0.25, 0.3) is 0 Å². The fraction of sp³-hybridized carbons (Fsp3) is 0.267. The summed E-state index contributed by atoms with van der Waals surface area (Å²) in [6, 6.07) is 10.2. The maximum atomic E-state index is 12.9. The number of halogens is 3. The van der Waals surface area contributed by atoms with Crippen molar-refractivity contribution in [2.24, 2.45) is 0 Å². The predicted molar refractivity (Wildman–Crippen MR) is 79.0 cm³/mol. The van der Waals surface area contributed by atoms with E-state index in [1.807, 2.05) is 13.0 Å². The first-order chi connectivity index (χ1) is 10.3. The molecule has 2 aromatic rings. The van der Waals surface area contributed by atoms with Gasteiger partial charge in [0.05, 0.1) is 5.56 Å².